The molecule has 61 valence electrons. The predicted molar refractivity (Wildman–Crippen MR) is 27.7 cm³/mol. The van der Waals surface area contributed by atoms with Crippen molar-refractivity contribution in [3.63, 3.8) is 0 Å². The summed E-state index contributed by atoms with van der Waals surface area (Å²) in [7, 11) is 0. The predicted octanol–water partition coefficient (Wildman–Crippen LogP) is -7.48. The second-order valence-corrected chi connectivity index (χ2v) is 0.855. The minimum Gasteiger partial charge on any atom is -0.876 e. The van der Waals surface area contributed by atoms with Crippen molar-refractivity contribution in [1.82, 2.24) is 0 Å². The van der Waals surface area contributed by atoms with Gasteiger partial charge in [0.1, 0.15) is 0 Å². The maximum absolute atomic E-state index is 9.37. The van der Waals surface area contributed by atoms with E-state index < -0.39 is 19.3 Å². The van der Waals surface area contributed by atoms with Crippen LogP contribution in [-0.4, -0.2) is 18.3 Å². The molecule has 3 nitrogen and oxygen atoms in total. The van der Waals surface area contributed by atoms with E-state index in [2.05, 4.69) is 0 Å². The molecule has 1 N–H and O–H groups in total. The van der Waals surface area contributed by atoms with E-state index in [0.29, 0.717) is 0 Å². The first-order valence-corrected chi connectivity index (χ1v) is 1.51. The summed E-state index contributed by atoms with van der Waals surface area (Å²) >= 11 is 0. The Balaban J connectivity index is -0.0000000125. The van der Waals surface area contributed by atoms with E-state index in [-0.39, 0.29) is 152 Å². The van der Waals surface area contributed by atoms with E-state index in [1.807, 2.05) is 0 Å². The third-order valence-corrected chi connectivity index (χ3v) is 0.333. The fourth-order valence-electron chi connectivity index (χ4n) is 0.0417. The second-order valence-electron chi connectivity index (χ2n) is 0.855. The van der Waals surface area contributed by atoms with Crippen molar-refractivity contribution in [3.05, 3.63) is 21.0 Å². The molecule has 0 saturated carbocycles. The Hall–Kier alpha value is 4.15. The van der Waals surface area contributed by atoms with E-state index >= 15 is 0 Å². The zero-order chi connectivity index (χ0) is 4.99. The van der Waals surface area contributed by atoms with Crippen LogP contribution in [0, 0.1) is 21.0 Å². The minimum absolute atomic E-state index is 0. The van der Waals surface area contributed by atoms with Gasteiger partial charge in [0, 0.05) is 20.4 Å². The Kier molecular flexibility index (Phi) is 96.3. The number of aliphatic hydroxyl groups excluding tert-OH is 1. The molecule has 0 saturated heterocycles. The summed E-state index contributed by atoms with van der Waals surface area (Å²) in [6, 6.07) is 0. The minimum atomic E-state index is -0.760. The van der Waals surface area contributed by atoms with Crippen molar-refractivity contribution < 1.29 is 152 Å². The standard InChI is InChI=1S/C3H5O3.2CH3.2Rb.Re/c4-1-3(6)2-5;;;;;/h6H,1-2H2;2*1H3;;;/q-3;2*-1;2*+1;. The Morgan fingerprint density at radius 1 is 1.00 bits per heavy atom. The number of rotatable bonds is 2. The van der Waals surface area contributed by atoms with Crippen LogP contribution in [0.2, 0.25) is 0 Å². The van der Waals surface area contributed by atoms with Crippen molar-refractivity contribution in [1.29, 1.82) is 0 Å². The normalized spacial score (nSPS) is 5.45. The molecule has 0 spiro atoms. The summed E-state index contributed by atoms with van der Waals surface area (Å²) in [5.74, 6) is 0. The van der Waals surface area contributed by atoms with Crippen LogP contribution in [0.5, 0.6) is 0 Å². The molecular formula is C5H11O3Rb2Re-3. The maximum atomic E-state index is 9.37. The van der Waals surface area contributed by atoms with Gasteiger partial charge < -0.3 is 30.2 Å². The van der Waals surface area contributed by atoms with Gasteiger partial charge >= 0.3 is 116 Å². The molecular weight excluding hydrogens is 465 g/mol. The van der Waals surface area contributed by atoms with Crippen molar-refractivity contribution in [2.75, 3.05) is 13.2 Å². The average Bonchev–Trinajstić information content (AvgIpc) is 1.65. The zero-order valence-electron chi connectivity index (χ0n) is 7.56. The van der Waals surface area contributed by atoms with Gasteiger partial charge in [-0.05, 0) is 0 Å². The molecule has 0 bridgehead atoms. The van der Waals surface area contributed by atoms with Gasteiger partial charge in [0.15, 0.2) is 0 Å². The molecule has 1 radical (unpaired) electrons. The molecule has 6 heteroatoms. The first-order valence-electron chi connectivity index (χ1n) is 1.51. The van der Waals surface area contributed by atoms with Crippen LogP contribution in [0.25, 0.3) is 0 Å². The summed E-state index contributed by atoms with van der Waals surface area (Å²) < 4.78 is 0. The molecule has 0 aliphatic heterocycles. The van der Waals surface area contributed by atoms with Gasteiger partial charge in [0.05, 0.1) is 0 Å². The van der Waals surface area contributed by atoms with Gasteiger partial charge in [0.25, 0.3) is 0 Å². The van der Waals surface area contributed by atoms with Gasteiger partial charge in [-0.2, -0.15) is 0 Å². The molecule has 0 aliphatic carbocycles. The van der Waals surface area contributed by atoms with Crippen molar-refractivity contribution >= 4 is 0 Å². The SMILES string of the molecule is [CH3-].[CH3-].[O-]C[C-](O)C[O-].[Rb+].[Rb+].[Re]. The fraction of sp³-hybridized carbons (Fsp3) is 0.400. The Morgan fingerprint density at radius 2 is 1.18 bits per heavy atom. The molecule has 0 aromatic carbocycles. The molecule has 0 aromatic heterocycles. The van der Waals surface area contributed by atoms with Crippen LogP contribution in [0.3, 0.4) is 0 Å². The van der Waals surface area contributed by atoms with Crippen LogP contribution in [0.15, 0.2) is 0 Å². The monoisotopic (exact) mass is 476 g/mol. The number of hydrogen-bond donors (Lipinski definition) is 1. The summed E-state index contributed by atoms with van der Waals surface area (Å²) in [5, 5.41) is 26.7. The third kappa shape index (κ3) is 31.4. The van der Waals surface area contributed by atoms with E-state index in [1.165, 1.54) is 0 Å². The Bertz CT molecular complexity index is 38.9. The second kappa shape index (κ2) is 29.2. The molecule has 0 unspecified atom stereocenters. The topological polar surface area (TPSA) is 66.3 Å². The maximum Gasteiger partial charge on any atom is 1.00 e. The molecule has 11 heavy (non-hydrogen) atoms. The molecule has 0 amide bonds. The number of aliphatic hydroxyl groups is 1. The van der Waals surface area contributed by atoms with Crippen molar-refractivity contribution in [2.45, 2.75) is 0 Å². The van der Waals surface area contributed by atoms with E-state index in [4.69, 9.17) is 5.11 Å². The van der Waals surface area contributed by atoms with Crippen LogP contribution >= 0.6 is 0 Å². The molecule has 0 aliphatic rings. The van der Waals surface area contributed by atoms with Crippen molar-refractivity contribution in [2.24, 2.45) is 0 Å². The summed E-state index contributed by atoms with van der Waals surface area (Å²) in [4.78, 5) is 0. The quantitative estimate of drug-likeness (QED) is 0.403. The van der Waals surface area contributed by atoms with E-state index in [1.54, 1.807) is 0 Å². The molecule has 0 rings (SSSR count). The fourth-order valence-corrected chi connectivity index (χ4v) is 0.0417. The Morgan fingerprint density at radius 3 is 1.18 bits per heavy atom. The first-order chi connectivity index (χ1) is 2.81. The van der Waals surface area contributed by atoms with Crippen molar-refractivity contribution in [3.8, 4) is 0 Å². The summed E-state index contributed by atoms with van der Waals surface area (Å²) in [6.07, 6.45) is -0.519. The first kappa shape index (κ1) is 36.2. The largest absolute Gasteiger partial charge is 1.00 e. The summed E-state index contributed by atoms with van der Waals surface area (Å²) in [6.45, 7) is -1.52. The van der Waals surface area contributed by atoms with Crippen LogP contribution in [0.4, 0.5) is 0 Å². The van der Waals surface area contributed by atoms with Crippen LogP contribution in [0.1, 0.15) is 0 Å². The smallest absolute Gasteiger partial charge is 0.876 e. The summed E-state index contributed by atoms with van der Waals surface area (Å²) in [5.41, 5.74) is 0. The molecule has 0 heterocycles. The number of hydrogen-bond acceptors (Lipinski definition) is 3. The molecule has 0 aromatic rings. The zero-order valence-corrected chi connectivity index (χ0v) is 20.1. The molecule has 0 atom stereocenters. The van der Waals surface area contributed by atoms with Crippen LogP contribution < -0.4 is 127 Å². The van der Waals surface area contributed by atoms with Gasteiger partial charge in [-0.15, -0.1) is 0 Å². The van der Waals surface area contributed by atoms with Gasteiger partial charge in [-0.1, -0.05) is 0 Å². The van der Waals surface area contributed by atoms with Gasteiger partial charge in [-0.25, -0.2) is 6.10 Å². The van der Waals surface area contributed by atoms with Gasteiger partial charge in [0.2, 0.25) is 0 Å². The average molecular weight is 476 g/mol. The van der Waals surface area contributed by atoms with Gasteiger partial charge in [-0.3, -0.25) is 13.2 Å². The van der Waals surface area contributed by atoms with Crippen LogP contribution in [-0.2, 0) is 20.4 Å². The Labute approximate surface area is 181 Å². The third-order valence-electron chi connectivity index (χ3n) is 0.333. The van der Waals surface area contributed by atoms with E-state index in [0.717, 1.165) is 0 Å². The molecule has 0 fully saturated rings. The van der Waals surface area contributed by atoms with E-state index in [9.17, 15) is 10.2 Å².